The number of nitrogens with zero attached hydrogens (tertiary/aromatic N) is 1. The van der Waals surface area contributed by atoms with Crippen LogP contribution in [0.15, 0.2) is 23.2 Å². The molecular weight excluding hydrogens is 238 g/mol. The van der Waals surface area contributed by atoms with E-state index >= 15 is 0 Å². The maximum Gasteiger partial charge on any atom is 0.353 e. The zero-order chi connectivity index (χ0) is 12.6. The lowest BCUT2D eigenvalue weighted by Gasteiger charge is -2.08. The molecule has 5 N–H and O–H groups in total. The Bertz CT molecular complexity index is 609. The van der Waals surface area contributed by atoms with E-state index in [9.17, 15) is 4.79 Å². The van der Waals surface area contributed by atoms with Gasteiger partial charge in [0.2, 0.25) is 0 Å². The molecule has 17 heavy (non-hydrogen) atoms. The summed E-state index contributed by atoms with van der Waals surface area (Å²) in [4.78, 5) is 10.8. The zero-order valence-corrected chi connectivity index (χ0v) is 10.1. The molecule has 0 aromatic carbocycles. The minimum absolute atomic E-state index is 0.114. The zero-order valence-electron chi connectivity index (χ0n) is 9.30. The number of aryl methyl sites for hydroxylation is 1. The van der Waals surface area contributed by atoms with Crippen molar-refractivity contribution in [3.63, 3.8) is 0 Å². The molecule has 0 aliphatic heterocycles. The standard InChI is InChI=1S/C11H13N3O2S/c1-2-14-6-3-4-17-8(6)5-7(14)9(12)10(13)11(15)16/h3-5H,2,12-13H2,1H3,(H,15,16). The van der Waals surface area contributed by atoms with Gasteiger partial charge in [0.1, 0.15) is 5.70 Å². The molecule has 0 saturated heterocycles. The van der Waals surface area contributed by atoms with Gasteiger partial charge in [-0.2, -0.15) is 0 Å². The SMILES string of the molecule is CCn1c(C(N)=C(N)C(=O)O)cc2sccc21. The number of rotatable bonds is 3. The van der Waals surface area contributed by atoms with Gasteiger partial charge < -0.3 is 21.1 Å². The molecule has 2 rings (SSSR count). The molecule has 0 aliphatic rings. The summed E-state index contributed by atoms with van der Waals surface area (Å²) in [7, 11) is 0. The fourth-order valence-corrected chi connectivity index (χ4v) is 2.62. The van der Waals surface area contributed by atoms with Crippen LogP contribution in [0.4, 0.5) is 0 Å². The van der Waals surface area contributed by atoms with E-state index in [0.29, 0.717) is 12.2 Å². The van der Waals surface area contributed by atoms with Crippen LogP contribution in [0.2, 0.25) is 0 Å². The van der Waals surface area contributed by atoms with Crippen LogP contribution in [0.25, 0.3) is 15.9 Å². The van der Waals surface area contributed by atoms with Crippen molar-refractivity contribution in [3.8, 4) is 0 Å². The molecule has 2 aromatic rings. The number of aliphatic carboxylic acids is 1. The number of thiophene rings is 1. The fraction of sp³-hybridized carbons (Fsp3) is 0.182. The van der Waals surface area contributed by atoms with Gasteiger partial charge >= 0.3 is 5.97 Å². The van der Waals surface area contributed by atoms with E-state index in [1.54, 1.807) is 11.3 Å². The number of carbonyl (C=O) groups is 1. The maximum atomic E-state index is 10.8. The van der Waals surface area contributed by atoms with Crippen molar-refractivity contribution in [2.45, 2.75) is 13.5 Å². The van der Waals surface area contributed by atoms with Crippen LogP contribution >= 0.6 is 11.3 Å². The van der Waals surface area contributed by atoms with E-state index in [0.717, 1.165) is 10.2 Å². The molecular formula is C11H13N3O2S. The number of fused-ring (bicyclic) bond motifs is 1. The molecule has 0 aliphatic carbocycles. The number of carboxylic acids is 1. The van der Waals surface area contributed by atoms with E-state index in [2.05, 4.69) is 0 Å². The van der Waals surface area contributed by atoms with Crippen LogP contribution in [0.1, 0.15) is 12.6 Å². The van der Waals surface area contributed by atoms with Gasteiger partial charge in [-0.25, -0.2) is 4.79 Å². The third-order valence-electron chi connectivity index (χ3n) is 2.64. The van der Waals surface area contributed by atoms with E-state index in [1.807, 2.05) is 29.0 Å². The largest absolute Gasteiger partial charge is 0.477 e. The van der Waals surface area contributed by atoms with Crippen LogP contribution in [0.3, 0.4) is 0 Å². The Morgan fingerprint density at radius 2 is 2.24 bits per heavy atom. The van der Waals surface area contributed by atoms with Crippen LogP contribution in [0, 0.1) is 0 Å². The Morgan fingerprint density at radius 3 is 2.82 bits per heavy atom. The molecule has 0 saturated carbocycles. The van der Waals surface area contributed by atoms with E-state index in [1.165, 1.54) is 0 Å². The highest BCUT2D eigenvalue weighted by Gasteiger charge is 2.15. The fourth-order valence-electron chi connectivity index (χ4n) is 1.79. The van der Waals surface area contributed by atoms with Gasteiger partial charge in [-0.1, -0.05) is 0 Å². The molecule has 0 fully saturated rings. The van der Waals surface area contributed by atoms with Crippen LogP contribution in [-0.2, 0) is 11.3 Å². The molecule has 6 heteroatoms. The number of nitrogens with two attached hydrogens (primary N) is 2. The first kappa shape index (κ1) is 11.5. The maximum absolute atomic E-state index is 10.8. The Kier molecular flexibility index (Phi) is 2.81. The minimum atomic E-state index is -1.20. The summed E-state index contributed by atoms with van der Waals surface area (Å²) in [6.45, 7) is 2.69. The third kappa shape index (κ3) is 1.76. The molecule has 0 radical (unpaired) electrons. The normalized spacial score (nSPS) is 12.8. The summed E-state index contributed by atoms with van der Waals surface area (Å²) in [5.74, 6) is -1.20. The Labute approximate surface area is 102 Å². The second-order valence-corrected chi connectivity index (χ2v) is 4.52. The minimum Gasteiger partial charge on any atom is -0.477 e. The lowest BCUT2D eigenvalue weighted by Crippen LogP contribution is -2.18. The molecule has 0 spiro atoms. The van der Waals surface area contributed by atoms with Gasteiger partial charge in [0.05, 0.1) is 21.6 Å². The second-order valence-electron chi connectivity index (χ2n) is 3.58. The molecule has 0 atom stereocenters. The van der Waals surface area contributed by atoms with Gasteiger partial charge in [-0.05, 0) is 24.4 Å². The molecule has 90 valence electrons. The van der Waals surface area contributed by atoms with Crippen molar-refractivity contribution in [2.75, 3.05) is 0 Å². The van der Waals surface area contributed by atoms with Crippen molar-refractivity contribution in [1.29, 1.82) is 0 Å². The molecule has 2 heterocycles. The van der Waals surface area contributed by atoms with Crippen molar-refractivity contribution in [2.24, 2.45) is 11.5 Å². The van der Waals surface area contributed by atoms with Gasteiger partial charge in [0.15, 0.2) is 0 Å². The predicted molar refractivity (Wildman–Crippen MR) is 68.4 cm³/mol. The van der Waals surface area contributed by atoms with E-state index in [-0.39, 0.29) is 11.4 Å². The van der Waals surface area contributed by atoms with E-state index < -0.39 is 5.97 Å². The molecule has 0 unspecified atom stereocenters. The summed E-state index contributed by atoms with van der Waals surface area (Å²) in [5.41, 5.74) is 12.8. The van der Waals surface area contributed by atoms with Crippen LogP contribution < -0.4 is 11.5 Å². The third-order valence-corrected chi connectivity index (χ3v) is 3.49. The Morgan fingerprint density at radius 1 is 1.53 bits per heavy atom. The van der Waals surface area contributed by atoms with Crippen molar-refractivity contribution < 1.29 is 9.90 Å². The first-order valence-electron chi connectivity index (χ1n) is 5.11. The first-order valence-corrected chi connectivity index (χ1v) is 5.99. The number of carboxylic acid groups (broad SMARTS) is 1. The lowest BCUT2D eigenvalue weighted by atomic mass is 10.2. The van der Waals surface area contributed by atoms with Gasteiger partial charge in [-0.15, -0.1) is 11.3 Å². The molecule has 2 aromatic heterocycles. The average molecular weight is 251 g/mol. The second kappa shape index (κ2) is 4.14. The molecule has 0 amide bonds. The lowest BCUT2D eigenvalue weighted by molar-refractivity contribution is -0.132. The van der Waals surface area contributed by atoms with Crippen LogP contribution in [-0.4, -0.2) is 15.6 Å². The van der Waals surface area contributed by atoms with E-state index in [4.69, 9.17) is 16.6 Å². The average Bonchev–Trinajstić information content (AvgIpc) is 2.85. The van der Waals surface area contributed by atoms with Crippen molar-refractivity contribution in [3.05, 3.63) is 28.9 Å². The number of hydrogen-bond donors (Lipinski definition) is 3. The summed E-state index contributed by atoms with van der Waals surface area (Å²) in [5, 5.41) is 10.8. The summed E-state index contributed by atoms with van der Waals surface area (Å²) >= 11 is 1.59. The summed E-state index contributed by atoms with van der Waals surface area (Å²) < 4.78 is 3.03. The summed E-state index contributed by atoms with van der Waals surface area (Å²) in [6.07, 6.45) is 0. The van der Waals surface area contributed by atoms with Crippen LogP contribution in [0.5, 0.6) is 0 Å². The van der Waals surface area contributed by atoms with Gasteiger partial charge in [-0.3, -0.25) is 0 Å². The Balaban J connectivity index is 2.66. The Hall–Kier alpha value is -1.95. The smallest absolute Gasteiger partial charge is 0.353 e. The number of hydrogen-bond acceptors (Lipinski definition) is 4. The highest BCUT2D eigenvalue weighted by Crippen LogP contribution is 2.28. The van der Waals surface area contributed by atoms with Crippen molar-refractivity contribution in [1.82, 2.24) is 4.57 Å². The van der Waals surface area contributed by atoms with Gasteiger partial charge in [0, 0.05) is 6.54 Å². The molecule has 0 bridgehead atoms. The topological polar surface area (TPSA) is 94.3 Å². The quantitative estimate of drug-likeness (QED) is 0.718. The first-order chi connectivity index (χ1) is 8.06. The van der Waals surface area contributed by atoms with Crippen molar-refractivity contribution >= 4 is 33.2 Å². The van der Waals surface area contributed by atoms with Gasteiger partial charge in [0.25, 0.3) is 0 Å². The highest BCUT2D eigenvalue weighted by atomic mass is 32.1. The monoisotopic (exact) mass is 251 g/mol. The predicted octanol–water partition coefficient (Wildman–Crippen LogP) is 1.39. The summed E-state index contributed by atoms with van der Waals surface area (Å²) in [6, 6.07) is 3.85. The number of aromatic nitrogens is 1. The highest BCUT2D eigenvalue weighted by molar-refractivity contribution is 7.17. The molecule has 5 nitrogen and oxygen atoms in total.